The average molecular weight is 729 g/mol. The molecule has 1 aromatic carbocycles. The predicted octanol–water partition coefficient (Wildman–Crippen LogP) is 5.71. The van der Waals surface area contributed by atoms with Gasteiger partial charge in [0.15, 0.2) is 33.9 Å². The summed E-state index contributed by atoms with van der Waals surface area (Å²) in [5.74, 6) is -0.206. The normalized spacial score (nSPS) is 11.6. The van der Waals surface area contributed by atoms with Crippen LogP contribution in [0.25, 0.3) is 11.4 Å². The van der Waals surface area contributed by atoms with E-state index >= 15 is 0 Å². The van der Waals surface area contributed by atoms with E-state index in [0.717, 1.165) is 4.31 Å². The molecule has 274 valence electrons. The van der Waals surface area contributed by atoms with Crippen LogP contribution in [0.1, 0.15) is 45.1 Å². The smallest absolute Gasteiger partial charge is 0.493 e. The molecule has 0 spiro atoms. The zero-order valence-corrected chi connectivity index (χ0v) is 29.6. The van der Waals surface area contributed by atoms with Gasteiger partial charge in [0.2, 0.25) is 5.75 Å². The van der Waals surface area contributed by atoms with Gasteiger partial charge in [-0.15, -0.1) is 0 Å². The summed E-state index contributed by atoms with van der Waals surface area (Å²) >= 11 is 0. The monoisotopic (exact) mass is 728 g/mol. The number of aryl methyl sites for hydroxylation is 1. The lowest BCUT2D eigenvalue weighted by Gasteiger charge is -2.37. The molecule has 3 heterocycles. The lowest BCUT2D eigenvalue weighted by atomic mass is 10.2. The van der Waals surface area contributed by atoms with Gasteiger partial charge in [0.25, 0.3) is 15.9 Å². The van der Waals surface area contributed by atoms with Crippen molar-refractivity contribution in [3.8, 4) is 34.5 Å². The van der Waals surface area contributed by atoms with Crippen LogP contribution in [-0.2, 0) is 24.3 Å². The minimum absolute atomic E-state index is 0.0379. The van der Waals surface area contributed by atoms with Crippen molar-refractivity contribution >= 4 is 22.0 Å². The second-order valence-corrected chi connectivity index (χ2v) is 13.0. The summed E-state index contributed by atoms with van der Waals surface area (Å²) < 4.78 is 58.5. The van der Waals surface area contributed by atoms with E-state index in [1.165, 1.54) is 52.7 Å². The molecule has 51 heavy (non-hydrogen) atoms. The van der Waals surface area contributed by atoms with Crippen LogP contribution in [0.5, 0.6) is 23.1 Å². The van der Waals surface area contributed by atoms with E-state index in [0.29, 0.717) is 42.6 Å². The Balaban J connectivity index is 1.79. The largest absolute Gasteiger partial charge is 0.510 e. The topological polar surface area (TPSA) is 205 Å². The molecule has 17 nitrogen and oxygen atoms in total. The Bertz CT molecular complexity index is 1850. The first-order chi connectivity index (χ1) is 24.4. The third-order valence-electron chi connectivity index (χ3n) is 7.10. The van der Waals surface area contributed by atoms with Crippen molar-refractivity contribution in [3.05, 3.63) is 72.7 Å². The number of para-hydroxylation sites is 2. The number of hydrogen-bond donors (Lipinski definition) is 2. The number of benzene rings is 1. The first-order valence-corrected chi connectivity index (χ1v) is 17.1. The van der Waals surface area contributed by atoms with Gasteiger partial charge in [-0.1, -0.05) is 24.6 Å². The van der Waals surface area contributed by atoms with Gasteiger partial charge in [0.05, 0.1) is 32.8 Å². The van der Waals surface area contributed by atoms with E-state index in [-0.39, 0.29) is 52.7 Å². The SMILES string of the molecule is COc1ccccc1Oc1c(OC)nc(-c2ccncc2)nc1N(C(C)(C)OC(=O)OCCCCCCON(O)O)S(=O)(=O)c1ccc(C)cn1. The highest BCUT2D eigenvalue weighted by Gasteiger charge is 2.45. The van der Waals surface area contributed by atoms with Crippen LogP contribution in [0.2, 0.25) is 0 Å². The fraction of sp³-hybridized carbons (Fsp3) is 0.364. The number of rotatable bonds is 18. The Morgan fingerprint density at radius 3 is 2.20 bits per heavy atom. The summed E-state index contributed by atoms with van der Waals surface area (Å²) in [5.41, 5.74) is -0.859. The van der Waals surface area contributed by atoms with Crippen molar-refractivity contribution in [2.75, 3.05) is 31.7 Å². The molecule has 0 radical (unpaired) electrons. The minimum atomic E-state index is -4.70. The molecule has 0 unspecified atom stereocenters. The van der Waals surface area contributed by atoms with Gasteiger partial charge in [0, 0.05) is 24.2 Å². The third-order valence-corrected chi connectivity index (χ3v) is 8.96. The molecule has 0 aliphatic heterocycles. The number of carbonyl (C=O) groups excluding carboxylic acids is 1. The van der Waals surface area contributed by atoms with E-state index in [1.807, 2.05) is 0 Å². The lowest BCUT2D eigenvalue weighted by molar-refractivity contribution is -0.492. The van der Waals surface area contributed by atoms with Crippen molar-refractivity contribution in [3.63, 3.8) is 0 Å². The number of ether oxygens (including phenoxy) is 5. The zero-order chi connectivity index (χ0) is 37.0. The highest BCUT2D eigenvalue weighted by Crippen LogP contribution is 2.46. The molecule has 2 N–H and O–H groups in total. The van der Waals surface area contributed by atoms with Gasteiger partial charge in [0.1, 0.15) is 0 Å². The number of sulfonamides is 1. The first-order valence-electron chi connectivity index (χ1n) is 15.7. The minimum Gasteiger partial charge on any atom is -0.493 e. The maximum absolute atomic E-state index is 14.7. The van der Waals surface area contributed by atoms with Crippen LogP contribution in [0.15, 0.2) is 72.1 Å². The van der Waals surface area contributed by atoms with Crippen LogP contribution in [0.4, 0.5) is 10.6 Å². The van der Waals surface area contributed by atoms with Gasteiger partial charge in [-0.05, 0) is 75.9 Å². The highest BCUT2D eigenvalue weighted by atomic mass is 32.2. The van der Waals surface area contributed by atoms with Crippen molar-refractivity contribution in [1.82, 2.24) is 25.3 Å². The summed E-state index contributed by atoms with van der Waals surface area (Å²) in [6.07, 6.45) is 5.51. The number of unbranched alkanes of at least 4 members (excludes halogenated alkanes) is 3. The Hall–Kier alpha value is -5.14. The molecular weight excluding hydrogens is 688 g/mol. The van der Waals surface area contributed by atoms with Gasteiger partial charge < -0.3 is 23.7 Å². The molecule has 0 fully saturated rings. The van der Waals surface area contributed by atoms with E-state index in [9.17, 15) is 13.2 Å². The van der Waals surface area contributed by atoms with Crippen LogP contribution in [-0.4, -0.2) is 83.5 Å². The summed E-state index contributed by atoms with van der Waals surface area (Å²) in [5, 5.41) is 16.5. The summed E-state index contributed by atoms with van der Waals surface area (Å²) in [4.78, 5) is 35.0. The number of aromatic nitrogens is 4. The summed E-state index contributed by atoms with van der Waals surface area (Å²) in [6.45, 7) is 4.50. The van der Waals surface area contributed by atoms with Crippen molar-refractivity contribution in [1.29, 1.82) is 0 Å². The van der Waals surface area contributed by atoms with Gasteiger partial charge >= 0.3 is 6.16 Å². The van der Waals surface area contributed by atoms with Crippen LogP contribution < -0.4 is 18.5 Å². The third kappa shape index (κ3) is 10.2. The average Bonchev–Trinajstić information content (AvgIpc) is 3.10. The second kappa shape index (κ2) is 17.7. The molecular formula is C33H40N6O11S. The van der Waals surface area contributed by atoms with Gasteiger partial charge in [-0.2, -0.15) is 13.4 Å². The molecule has 4 aromatic rings. The molecule has 0 bridgehead atoms. The van der Waals surface area contributed by atoms with E-state index < -0.39 is 21.9 Å². The molecule has 0 saturated heterocycles. The molecule has 0 saturated carbocycles. The maximum atomic E-state index is 14.7. The fourth-order valence-electron chi connectivity index (χ4n) is 4.72. The van der Waals surface area contributed by atoms with Gasteiger partial charge in [-0.3, -0.25) is 20.2 Å². The lowest BCUT2D eigenvalue weighted by Crippen LogP contribution is -2.51. The second-order valence-electron chi connectivity index (χ2n) is 11.3. The number of anilines is 1. The molecule has 0 amide bonds. The predicted molar refractivity (Wildman–Crippen MR) is 180 cm³/mol. The molecule has 0 aliphatic rings. The molecule has 4 rings (SSSR count). The standard InChI is InChI=1S/C33H40N6O11S/c1-23-14-15-27(35-22-23)51(43,44)38(33(2,3)50-32(40)47-20-10-6-7-11-21-48-39(41)42)30-28(49-26-13-9-8-12-25(26)45-4)31(46-5)37-29(36-30)24-16-18-34-19-17-24/h8-9,12-19,22,41-42H,6-7,10-11,20-21H2,1-5H3. The molecule has 0 atom stereocenters. The van der Waals surface area contributed by atoms with E-state index in [2.05, 4.69) is 24.8 Å². The first kappa shape index (κ1) is 38.7. The number of methoxy groups -OCH3 is 2. The highest BCUT2D eigenvalue weighted by molar-refractivity contribution is 7.92. The Morgan fingerprint density at radius 1 is 0.882 bits per heavy atom. The summed E-state index contributed by atoms with van der Waals surface area (Å²) in [7, 11) is -1.93. The number of hydrogen-bond acceptors (Lipinski definition) is 16. The Morgan fingerprint density at radius 2 is 1.57 bits per heavy atom. The molecule has 0 aliphatic carbocycles. The van der Waals surface area contributed by atoms with Crippen molar-refractivity contribution in [2.45, 2.75) is 57.2 Å². The van der Waals surface area contributed by atoms with E-state index in [4.69, 9.17) is 34.1 Å². The Labute approximate surface area is 295 Å². The van der Waals surface area contributed by atoms with Crippen molar-refractivity contribution in [2.24, 2.45) is 0 Å². The quantitative estimate of drug-likeness (QED) is 0.0545. The van der Waals surface area contributed by atoms with Gasteiger partial charge in [-0.25, -0.2) is 19.1 Å². The number of nitrogens with zero attached hydrogens (tertiary/aromatic N) is 6. The van der Waals surface area contributed by atoms with Crippen LogP contribution in [0, 0.1) is 6.92 Å². The van der Waals surface area contributed by atoms with E-state index in [1.54, 1.807) is 49.4 Å². The maximum Gasteiger partial charge on any atom is 0.510 e. The van der Waals surface area contributed by atoms with Crippen LogP contribution >= 0.6 is 0 Å². The van der Waals surface area contributed by atoms with Crippen LogP contribution in [0.3, 0.4) is 0 Å². The number of pyridine rings is 2. The zero-order valence-electron chi connectivity index (χ0n) is 28.8. The van der Waals surface area contributed by atoms with Crippen molar-refractivity contribution < 1.29 is 52.1 Å². The summed E-state index contributed by atoms with van der Waals surface area (Å²) in [6, 6.07) is 12.8. The number of carbonyl (C=O) groups is 1. The Kier molecular flexibility index (Phi) is 13.4. The molecule has 18 heteroatoms. The fourth-order valence-corrected chi connectivity index (χ4v) is 6.30. The molecule has 3 aromatic heterocycles.